The van der Waals surface area contributed by atoms with Gasteiger partial charge in [-0.1, -0.05) is 25.1 Å². The van der Waals surface area contributed by atoms with Gasteiger partial charge in [0, 0.05) is 44.0 Å². The van der Waals surface area contributed by atoms with Crippen molar-refractivity contribution in [3.05, 3.63) is 29.8 Å². The number of quaternary nitrogens is 1. The number of hydrogen-bond donors (Lipinski definition) is 2. The van der Waals surface area contributed by atoms with Crippen LogP contribution in [0.2, 0.25) is 0 Å². The van der Waals surface area contributed by atoms with Crippen molar-refractivity contribution in [1.29, 1.82) is 0 Å². The SMILES string of the molecule is CC[C@H]1[C@@H]2C[C@H]3[C@@H]4N(C)c5ccccc5[C@@]45C[C@@H]([C@@H]2[C@@H]5O)[N@+]3(C[C@@H]2CCCCO2)[C@@H]1O. The Kier molecular flexibility index (Phi) is 3.90. The fraction of sp³-hybridized carbons (Fsp3) is 0.769. The Morgan fingerprint density at radius 2 is 2.03 bits per heavy atom. The number of likely N-dealkylation sites (N-methyl/N-ethyl adjacent to an activating group) is 1. The quantitative estimate of drug-likeness (QED) is 0.731. The molecule has 5 saturated heterocycles. The maximum Gasteiger partial charge on any atom is 0.194 e. The molecule has 5 bridgehead atoms. The number of aliphatic hydroxyl groups excluding tert-OH is 2. The normalized spacial score (nSPS) is 53.7. The molecule has 5 nitrogen and oxygen atoms in total. The summed E-state index contributed by atoms with van der Waals surface area (Å²) in [7, 11) is 2.24. The molecule has 0 unspecified atom stereocenters. The highest BCUT2D eigenvalue weighted by Gasteiger charge is 2.83. The molecule has 1 spiro atoms. The average molecular weight is 426 g/mol. The van der Waals surface area contributed by atoms with Gasteiger partial charge in [-0.25, -0.2) is 0 Å². The van der Waals surface area contributed by atoms with Crippen LogP contribution in [0, 0.1) is 17.8 Å². The van der Waals surface area contributed by atoms with E-state index in [2.05, 4.69) is 43.1 Å². The van der Waals surface area contributed by atoms with Crippen LogP contribution in [0.5, 0.6) is 0 Å². The summed E-state index contributed by atoms with van der Waals surface area (Å²) in [4.78, 5) is 2.48. The predicted octanol–water partition coefficient (Wildman–Crippen LogP) is 2.64. The van der Waals surface area contributed by atoms with Crippen molar-refractivity contribution in [2.45, 2.75) is 87.4 Å². The van der Waals surface area contributed by atoms with Crippen molar-refractivity contribution in [2.24, 2.45) is 17.8 Å². The summed E-state index contributed by atoms with van der Waals surface area (Å²) in [5.74, 6) is 1.05. The first-order valence-electron chi connectivity index (χ1n) is 12.7. The highest BCUT2D eigenvalue weighted by molar-refractivity contribution is 5.66. The summed E-state index contributed by atoms with van der Waals surface area (Å²) in [6, 6.07) is 9.80. The lowest BCUT2D eigenvalue weighted by molar-refractivity contribution is -1.04. The van der Waals surface area contributed by atoms with E-state index >= 15 is 0 Å². The lowest BCUT2D eigenvalue weighted by Crippen LogP contribution is -2.83. The van der Waals surface area contributed by atoms with E-state index in [4.69, 9.17) is 4.74 Å². The van der Waals surface area contributed by atoms with Crippen LogP contribution < -0.4 is 4.90 Å². The van der Waals surface area contributed by atoms with Crippen LogP contribution in [0.4, 0.5) is 5.69 Å². The largest absolute Gasteiger partial charge is 0.392 e. The zero-order chi connectivity index (χ0) is 21.1. The van der Waals surface area contributed by atoms with Crippen molar-refractivity contribution in [3.8, 4) is 0 Å². The average Bonchev–Trinajstić information content (AvgIpc) is 3.18. The molecule has 8 rings (SSSR count). The zero-order valence-electron chi connectivity index (χ0n) is 18.9. The van der Waals surface area contributed by atoms with Gasteiger partial charge in [0.15, 0.2) is 6.23 Å². The van der Waals surface area contributed by atoms with Gasteiger partial charge >= 0.3 is 0 Å². The van der Waals surface area contributed by atoms with Crippen LogP contribution in [-0.4, -0.2) is 71.5 Å². The molecule has 1 aromatic carbocycles. The molecule has 31 heavy (non-hydrogen) atoms. The first-order chi connectivity index (χ1) is 15.1. The van der Waals surface area contributed by atoms with Gasteiger partial charge < -0.3 is 19.8 Å². The summed E-state index contributed by atoms with van der Waals surface area (Å²) < 4.78 is 7.08. The fourth-order valence-electron chi connectivity index (χ4n) is 10.1. The second-order valence-electron chi connectivity index (χ2n) is 11.5. The third-order valence-corrected chi connectivity index (χ3v) is 10.9. The number of aliphatic hydroxyl groups is 2. The highest BCUT2D eigenvalue weighted by atomic mass is 16.5. The minimum absolute atomic E-state index is 0.169. The van der Waals surface area contributed by atoms with Crippen molar-refractivity contribution in [2.75, 3.05) is 25.1 Å². The van der Waals surface area contributed by atoms with Gasteiger partial charge in [-0.15, -0.1) is 0 Å². The molecule has 7 aliphatic rings. The Bertz CT molecular complexity index is 902. The molecule has 1 saturated carbocycles. The van der Waals surface area contributed by atoms with Gasteiger partial charge in [0.05, 0.1) is 23.6 Å². The maximum absolute atomic E-state index is 12.1. The van der Waals surface area contributed by atoms with Crippen LogP contribution in [0.15, 0.2) is 24.3 Å². The number of fused-ring (bicyclic) bond motifs is 2. The molecular formula is C26H37N2O3+. The second kappa shape index (κ2) is 6.25. The molecule has 168 valence electrons. The molecular weight excluding hydrogens is 388 g/mol. The molecule has 5 heteroatoms. The first kappa shape index (κ1) is 19.3. The van der Waals surface area contributed by atoms with Gasteiger partial charge in [-0.3, -0.25) is 4.48 Å². The van der Waals surface area contributed by atoms with E-state index in [1.165, 1.54) is 17.7 Å². The van der Waals surface area contributed by atoms with Crippen molar-refractivity contribution >= 4 is 5.69 Å². The number of anilines is 1. The Hall–Kier alpha value is -1.14. The lowest BCUT2D eigenvalue weighted by Gasteiger charge is -2.68. The number of benzene rings is 1. The highest BCUT2D eigenvalue weighted by Crippen LogP contribution is 2.71. The predicted molar refractivity (Wildman–Crippen MR) is 119 cm³/mol. The van der Waals surface area contributed by atoms with Crippen LogP contribution >= 0.6 is 0 Å². The molecule has 0 amide bonds. The van der Waals surface area contributed by atoms with E-state index in [1.807, 2.05) is 0 Å². The fourth-order valence-corrected chi connectivity index (χ4v) is 10.1. The number of piperidine rings is 4. The minimum Gasteiger partial charge on any atom is -0.392 e. The smallest absolute Gasteiger partial charge is 0.194 e. The number of hydrogen-bond acceptors (Lipinski definition) is 4. The molecule has 6 aliphatic heterocycles. The summed E-state index contributed by atoms with van der Waals surface area (Å²) in [5.41, 5.74) is 2.49. The van der Waals surface area contributed by atoms with Crippen LogP contribution in [0.3, 0.4) is 0 Å². The summed E-state index contributed by atoms with van der Waals surface area (Å²) >= 11 is 0. The number of nitrogens with zero attached hydrogens (tertiary/aromatic N) is 2. The Labute approximate surface area is 185 Å². The molecule has 1 aliphatic carbocycles. The monoisotopic (exact) mass is 425 g/mol. The van der Waals surface area contributed by atoms with Crippen LogP contribution in [0.25, 0.3) is 0 Å². The third kappa shape index (κ3) is 2.01. The van der Waals surface area contributed by atoms with Gasteiger partial charge in [0.1, 0.15) is 18.7 Å². The summed E-state index contributed by atoms with van der Waals surface area (Å²) in [5, 5.41) is 24.1. The molecule has 6 heterocycles. The molecule has 0 radical (unpaired) electrons. The minimum atomic E-state index is -0.319. The second-order valence-corrected chi connectivity index (χ2v) is 11.5. The maximum atomic E-state index is 12.1. The van der Waals surface area contributed by atoms with E-state index in [0.29, 0.717) is 29.8 Å². The zero-order valence-corrected chi connectivity index (χ0v) is 18.9. The lowest BCUT2D eigenvalue weighted by atomic mass is 9.60. The van der Waals surface area contributed by atoms with E-state index in [-0.39, 0.29) is 29.9 Å². The summed E-state index contributed by atoms with van der Waals surface area (Å²) in [6.45, 7) is 4.03. The van der Waals surface area contributed by atoms with E-state index < -0.39 is 0 Å². The van der Waals surface area contributed by atoms with Gasteiger partial charge in [0.2, 0.25) is 0 Å². The van der Waals surface area contributed by atoms with E-state index in [1.54, 1.807) is 0 Å². The van der Waals surface area contributed by atoms with Crippen molar-refractivity contribution < 1.29 is 19.4 Å². The Balaban J connectivity index is 1.42. The van der Waals surface area contributed by atoms with E-state index in [0.717, 1.165) is 49.7 Å². The molecule has 0 aromatic heterocycles. The Morgan fingerprint density at radius 3 is 2.81 bits per heavy atom. The van der Waals surface area contributed by atoms with Crippen molar-refractivity contribution in [1.82, 2.24) is 0 Å². The molecule has 11 atom stereocenters. The van der Waals surface area contributed by atoms with Crippen LogP contribution in [0.1, 0.15) is 51.0 Å². The Morgan fingerprint density at radius 1 is 1.19 bits per heavy atom. The third-order valence-electron chi connectivity index (χ3n) is 10.9. The van der Waals surface area contributed by atoms with Gasteiger partial charge in [-0.05, 0) is 43.2 Å². The van der Waals surface area contributed by atoms with Crippen molar-refractivity contribution in [3.63, 3.8) is 0 Å². The molecule has 6 fully saturated rings. The number of ether oxygens (including phenoxy) is 1. The van der Waals surface area contributed by atoms with Gasteiger partial charge in [0.25, 0.3) is 0 Å². The number of para-hydroxylation sites is 1. The summed E-state index contributed by atoms with van der Waals surface area (Å²) in [6.07, 6.45) is 6.30. The molecule has 2 N–H and O–H groups in total. The van der Waals surface area contributed by atoms with Gasteiger partial charge in [-0.2, -0.15) is 0 Å². The number of rotatable bonds is 3. The standard InChI is InChI=1S/C26H37N2O3/c1-3-16-17-12-20-23-26(18-9-4-5-10-19(18)27(23)2)13-21(22(17)24(26)29)28(20,25(16)30)14-15-8-6-7-11-31-15/h4-5,9-10,15-17,20-25,29-30H,3,6-8,11-14H2,1-2H3/q+1/t15-,16-,17-,20-,21-,22+,23-,24-,25+,26-,28+/m0/s1. The van der Waals surface area contributed by atoms with Crippen LogP contribution in [-0.2, 0) is 10.2 Å². The topological polar surface area (TPSA) is 52.9 Å². The first-order valence-corrected chi connectivity index (χ1v) is 12.7. The van der Waals surface area contributed by atoms with E-state index in [9.17, 15) is 10.2 Å². The molecule has 1 aromatic rings.